The maximum atomic E-state index is 14.2. The minimum absolute atomic E-state index is 0.0651. The van der Waals surface area contributed by atoms with E-state index in [2.05, 4.69) is 24.2 Å². The van der Waals surface area contributed by atoms with E-state index in [9.17, 15) is 4.39 Å². The van der Waals surface area contributed by atoms with Crippen LogP contribution < -0.4 is 5.32 Å². The summed E-state index contributed by atoms with van der Waals surface area (Å²) in [5.74, 6) is 0.491. The number of benzene rings is 1. The van der Waals surface area contributed by atoms with Crippen LogP contribution in [0.4, 0.5) is 4.39 Å². The van der Waals surface area contributed by atoms with Crippen molar-refractivity contribution in [2.75, 3.05) is 13.6 Å². The Morgan fingerprint density at radius 3 is 2.50 bits per heavy atom. The highest BCUT2D eigenvalue weighted by Crippen LogP contribution is 2.42. The van der Waals surface area contributed by atoms with Gasteiger partial charge in [0.05, 0.1) is 0 Å². The third-order valence-corrected chi connectivity index (χ3v) is 5.27. The van der Waals surface area contributed by atoms with Crippen LogP contribution in [0.3, 0.4) is 0 Å². The van der Waals surface area contributed by atoms with Gasteiger partial charge >= 0.3 is 0 Å². The summed E-state index contributed by atoms with van der Waals surface area (Å²) in [6.45, 7) is 3.00. The lowest BCUT2D eigenvalue weighted by atomic mass is 9.82. The van der Waals surface area contributed by atoms with Crippen molar-refractivity contribution in [3.63, 3.8) is 0 Å². The average molecular weight is 276 g/mol. The molecule has 2 bridgehead atoms. The standard InChI is InChI=1S/C17H25FN2/c1-3-19-17(15-6-4-5-7-16(15)18)12-10-13-8-9-14(11-12)20(13)2/h4-7,12-14,17,19H,3,8-11H2,1-2H3. The maximum Gasteiger partial charge on any atom is 0.127 e. The van der Waals surface area contributed by atoms with Crippen LogP contribution in [-0.2, 0) is 0 Å². The molecule has 3 heteroatoms. The van der Waals surface area contributed by atoms with Crippen molar-refractivity contribution < 1.29 is 4.39 Å². The van der Waals surface area contributed by atoms with E-state index in [1.165, 1.54) is 25.7 Å². The Kier molecular flexibility index (Phi) is 4.08. The number of fused-ring (bicyclic) bond motifs is 2. The fraction of sp³-hybridized carbons (Fsp3) is 0.647. The fourth-order valence-corrected chi connectivity index (χ4v) is 4.20. The van der Waals surface area contributed by atoms with Crippen molar-refractivity contribution in [1.29, 1.82) is 0 Å². The van der Waals surface area contributed by atoms with E-state index >= 15 is 0 Å². The molecule has 1 N–H and O–H groups in total. The number of hydrogen-bond donors (Lipinski definition) is 1. The molecule has 0 amide bonds. The molecule has 1 aromatic carbocycles. The third kappa shape index (κ3) is 2.49. The van der Waals surface area contributed by atoms with Crippen molar-refractivity contribution in [1.82, 2.24) is 10.2 Å². The van der Waals surface area contributed by atoms with Crippen LogP contribution in [0.5, 0.6) is 0 Å². The zero-order valence-electron chi connectivity index (χ0n) is 12.5. The van der Waals surface area contributed by atoms with Gasteiger partial charge in [-0.15, -0.1) is 0 Å². The van der Waals surface area contributed by atoms with Crippen LogP contribution in [0.25, 0.3) is 0 Å². The molecule has 2 aliphatic heterocycles. The smallest absolute Gasteiger partial charge is 0.127 e. The van der Waals surface area contributed by atoms with Gasteiger partial charge in [-0.2, -0.15) is 0 Å². The van der Waals surface area contributed by atoms with Gasteiger partial charge in [0.25, 0.3) is 0 Å². The highest BCUT2D eigenvalue weighted by Gasteiger charge is 2.41. The first-order valence-corrected chi connectivity index (χ1v) is 7.90. The van der Waals surface area contributed by atoms with Crippen LogP contribution in [0.15, 0.2) is 24.3 Å². The zero-order chi connectivity index (χ0) is 14.1. The van der Waals surface area contributed by atoms with Crippen LogP contribution in [0.2, 0.25) is 0 Å². The highest BCUT2D eigenvalue weighted by atomic mass is 19.1. The first-order valence-electron chi connectivity index (χ1n) is 7.90. The van der Waals surface area contributed by atoms with Crippen LogP contribution in [0, 0.1) is 11.7 Å². The molecular weight excluding hydrogens is 251 g/mol. The Balaban J connectivity index is 1.83. The summed E-state index contributed by atoms with van der Waals surface area (Å²) in [5.41, 5.74) is 0.850. The quantitative estimate of drug-likeness (QED) is 0.907. The van der Waals surface area contributed by atoms with E-state index in [4.69, 9.17) is 0 Å². The van der Waals surface area contributed by atoms with Crippen molar-refractivity contribution >= 4 is 0 Å². The van der Waals surface area contributed by atoms with Gasteiger partial charge in [-0.05, 0) is 51.3 Å². The fourth-order valence-electron chi connectivity index (χ4n) is 4.20. The van der Waals surface area contributed by atoms with Gasteiger partial charge in [-0.1, -0.05) is 25.1 Å². The molecule has 3 unspecified atom stereocenters. The lowest BCUT2D eigenvalue weighted by molar-refractivity contribution is 0.112. The number of nitrogens with zero attached hydrogens (tertiary/aromatic N) is 1. The Morgan fingerprint density at radius 2 is 1.90 bits per heavy atom. The van der Waals surface area contributed by atoms with Crippen LogP contribution >= 0.6 is 0 Å². The number of nitrogens with one attached hydrogen (secondary N) is 1. The van der Waals surface area contributed by atoms with E-state index in [1.807, 2.05) is 12.1 Å². The topological polar surface area (TPSA) is 15.3 Å². The summed E-state index contributed by atoms with van der Waals surface area (Å²) in [7, 11) is 2.25. The van der Waals surface area contributed by atoms with Gasteiger partial charge in [-0.3, -0.25) is 0 Å². The minimum Gasteiger partial charge on any atom is -0.310 e. The van der Waals surface area contributed by atoms with E-state index in [0.29, 0.717) is 18.0 Å². The molecule has 0 radical (unpaired) electrons. The summed E-state index contributed by atoms with van der Waals surface area (Å²) in [6.07, 6.45) is 5.01. The second kappa shape index (κ2) is 5.82. The van der Waals surface area contributed by atoms with Gasteiger partial charge in [-0.25, -0.2) is 4.39 Å². The zero-order valence-corrected chi connectivity index (χ0v) is 12.5. The molecule has 1 aromatic rings. The summed E-state index contributed by atoms with van der Waals surface area (Å²) in [4.78, 5) is 2.54. The molecule has 0 spiro atoms. The van der Waals surface area contributed by atoms with Crippen molar-refractivity contribution in [2.24, 2.45) is 5.92 Å². The minimum atomic E-state index is -0.0651. The first kappa shape index (κ1) is 14.0. The predicted molar refractivity (Wildman–Crippen MR) is 80.1 cm³/mol. The van der Waals surface area contributed by atoms with Gasteiger partial charge in [0, 0.05) is 23.7 Å². The number of piperidine rings is 1. The van der Waals surface area contributed by atoms with Gasteiger partial charge in [0.2, 0.25) is 0 Å². The molecule has 2 heterocycles. The number of hydrogen-bond acceptors (Lipinski definition) is 2. The first-order chi connectivity index (χ1) is 9.70. The summed E-state index contributed by atoms with van der Waals surface area (Å²) >= 11 is 0. The summed E-state index contributed by atoms with van der Waals surface area (Å²) < 4.78 is 14.2. The summed E-state index contributed by atoms with van der Waals surface area (Å²) in [5, 5.41) is 3.53. The second-order valence-corrected chi connectivity index (χ2v) is 6.34. The molecule has 20 heavy (non-hydrogen) atoms. The summed E-state index contributed by atoms with van der Waals surface area (Å²) in [6, 6.07) is 8.83. The van der Waals surface area contributed by atoms with E-state index in [1.54, 1.807) is 12.1 Å². The number of halogens is 1. The molecular formula is C17H25FN2. The average Bonchev–Trinajstić information content (AvgIpc) is 2.67. The lowest BCUT2D eigenvalue weighted by Crippen LogP contribution is -2.44. The second-order valence-electron chi connectivity index (χ2n) is 6.34. The van der Waals surface area contributed by atoms with Crippen molar-refractivity contribution in [3.05, 3.63) is 35.6 Å². The molecule has 3 atom stereocenters. The highest BCUT2D eigenvalue weighted by molar-refractivity contribution is 5.22. The molecule has 0 aliphatic carbocycles. The van der Waals surface area contributed by atoms with E-state index < -0.39 is 0 Å². The normalized spacial score (nSPS) is 31.4. The Labute approximate surface area is 121 Å². The van der Waals surface area contributed by atoms with Crippen LogP contribution in [-0.4, -0.2) is 30.6 Å². The molecule has 2 aliphatic rings. The predicted octanol–water partition coefficient (Wildman–Crippen LogP) is 3.35. The molecule has 0 aromatic heterocycles. The van der Waals surface area contributed by atoms with Crippen LogP contribution in [0.1, 0.15) is 44.2 Å². The molecule has 110 valence electrons. The van der Waals surface area contributed by atoms with Crippen molar-refractivity contribution in [2.45, 2.75) is 50.7 Å². The van der Waals surface area contributed by atoms with Gasteiger partial charge < -0.3 is 10.2 Å². The van der Waals surface area contributed by atoms with Gasteiger partial charge in [0.1, 0.15) is 5.82 Å². The van der Waals surface area contributed by atoms with E-state index in [0.717, 1.165) is 12.1 Å². The lowest BCUT2D eigenvalue weighted by Gasteiger charge is -2.40. The molecule has 0 saturated carbocycles. The largest absolute Gasteiger partial charge is 0.310 e. The SMILES string of the molecule is CCNC(c1ccccc1F)C1CC2CCC(C1)N2C. The van der Waals surface area contributed by atoms with Crippen molar-refractivity contribution in [3.8, 4) is 0 Å². The Bertz CT molecular complexity index is 448. The Morgan fingerprint density at radius 1 is 1.25 bits per heavy atom. The molecule has 3 rings (SSSR count). The maximum absolute atomic E-state index is 14.2. The monoisotopic (exact) mass is 276 g/mol. The molecule has 2 saturated heterocycles. The molecule has 2 fully saturated rings. The van der Waals surface area contributed by atoms with Gasteiger partial charge in [0.15, 0.2) is 0 Å². The molecule has 2 nitrogen and oxygen atoms in total. The Hall–Kier alpha value is -0.930. The van der Waals surface area contributed by atoms with E-state index in [-0.39, 0.29) is 11.9 Å². The number of rotatable bonds is 4. The third-order valence-electron chi connectivity index (χ3n) is 5.27.